The maximum atomic E-state index is 11.1. The average Bonchev–Trinajstić information content (AvgIpc) is 2.89. The van der Waals surface area contributed by atoms with E-state index in [9.17, 15) is 5.11 Å². The first-order valence-corrected chi connectivity index (χ1v) is 8.32. The van der Waals surface area contributed by atoms with E-state index in [2.05, 4.69) is 32.5 Å². The van der Waals surface area contributed by atoms with Gasteiger partial charge in [-0.3, -0.25) is 9.97 Å². The summed E-state index contributed by atoms with van der Waals surface area (Å²) in [7, 11) is 2.14. The lowest BCUT2D eigenvalue weighted by atomic mass is 9.97. The van der Waals surface area contributed by atoms with Crippen LogP contribution in [0.2, 0.25) is 0 Å². The molecule has 1 unspecified atom stereocenters. The predicted molar refractivity (Wildman–Crippen MR) is 93.6 cm³/mol. The highest BCUT2D eigenvalue weighted by molar-refractivity contribution is 5.81. The van der Waals surface area contributed by atoms with Gasteiger partial charge in [0.15, 0.2) is 0 Å². The van der Waals surface area contributed by atoms with Crippen molar-refractivity contribution in [1.29, 1.82) is 0 Å². The monoisotopic (exact) mass is 322 g/mol. The van der Waals surface area contributed by atoms with Gasteiger partial charge in [-0.1, -0.05) is 6.07 Å². The quantitative estimate of drug-likeness (QED) is 0.804. The molecule has 0 saturated carbocycles. The first kappa shape index (κ1) is 15.3. The first-order chi connectivity index (χ1) is 11.6. The number of likely N-dealkylation sites (N-methyl/N-ethyl adjacent to an activating group) is 1. The smallest absolute Gasteiger partial charge is 0.106 e. The second kappa shape index (κ2) is 5.69. The SMILES string of the molecule is CN1CCc2c(c3ncccc3n2CC(C)(O)c2cccnc2)C1. The zero-order valence-electron chi connectivity index (χ0n) is 14.1. The fourth-order valence-corrected chi connectivity index (χ4v) is 3.65. The molecule has 1 aliphatic rings. The fraction of sp³-hybridized carbons (Fsp3) is 0.368. The van der Waals surface area contributed by atoms with E-state index in [1.807, 2.05) is 31.3 Å². The molecule has 0 saturated heterocycles. The Morgan fingerprint density at radius 2 is 2.08 bits per heavy atom. The summed E-state index contributed by atoms with van der Waals surface area (Å²) in [5.74, 6) is 0. The third kappa shape index (κ3) is 2.50. The van der Waals surface area contributed by atoms with E-state index in [-0.39, 0.29) is 0 Å². The second-order valence-electron chi connectivity index (χ2n) is 6.89. The molecular weight excluding hydrogens is 300 g/mol. The lowest BCUT2D eigenvalue weighted by Crippen LogP contribution is -2.31. The molecule has 4 rings (SSSR count). The van der Waals surface area contributed by atoms with Gasteiger partial charge in [0.2, 0.25) is 0 Å². The van der Waals surface area contributed by atoms with Crippen LogP contribution in [0.5, 0.6) is 0 Å². The van der Waals surface area contributed by atoms with Gasteiger partial charge in [-0.05, 0) is 32.2 Å². The Kier molecular flexibility index (Phi) is 3.62. The molecular formula is C19H22N4O. The van der Waals surface area contributed by atoms with Gasteiger partial charge in [0.25, 0.3) is 0 Å². The molecule has 24 heavy (non-hydrogen) atoms. The highest BCUT2D eigenvalue weighted by atomic mass is 16.3. The molecule has 0 aromatic carbocycles. The summed E-state index contributed by atoms with van der Waals surface area (Å²) in [5.41, 5.74) is 4.60. The van der Waals surface area contributed by atoms with Crippen LogP contribution >= 0.6 is 0 Å². The van der Waals surface area contributed by atoms with Crippen molar-refractivity contribution in [2.24, 2.45) is 0 Å². The van der Waals surface area contributed by atoms with Crippen LogP contribution in [0.25, 0.3) is 11.0 Å². The van der Waals surface area contributed by atoms with Gasteiger partial charge in [-0.25, -0.2) is 0 Å². The molecule has 1 N–H and O–H groups in total. The minimum absolute atomic E-state index is 0.500. The van der Waals surface area contributed by atoms with Crippen molar-refractivity contribution in [1.82, 2.24) is 19.4 Å². The Hall–Kier alpha value is -2.24. The Morgan fingerprint density at radius 1 is 1.25 bits per heavy atom. The summed E-state index contributed by atoms with van der Waals surface area (Å²) in [6.45, 7) is 4.29. The fourth-order valence-electron chi connectivity index (χ4n) is 3.65. The molecule has 5 heteroatoms. The molecule has 0 bridgehead atoms. The van der Waals surface area contributed by atoms with Crippen LogP contribution in [0.15, 0.2) is 42.9 Å². The van der Waals surface area contributed by atoms with Crippen LogP contribution in [0.3, 0.4) is 0 Å². The molecule has 0 spiro atoms. The number of hydrogen-bond donors (Lipinski definition) is 1. The van der Waals surface area contributed by atoms with E-state index in [1.165, 1.54) is 11.3 Å². The van der Waals surface area contributed by atoms with Gasteiger partial charge in [0.1, 0.15) is 5.60 Å². The summed E-state index contributed by atoms with van der Waals surface area (Å²) in [5, 5.41) is 11.1. The molecule has 1 atom stereocenters. The summed E-state index contributed by atoms with van der Waals surface area (Å²) in [6, 6.07) is 7.85. The molecule has 3 aromatic heterocycles. The van der Waals surface area contributed by atoms with Gasteiger partial charge in [0.05, 0.1) is 17.6 Å². The molecule has 0 aliphatic carbocycles. The van der Waals surface area contributed by atoms with Crippen LogP contribution in [0, 0.1) is 0 Å². The van der Waals surface area contributed by atoms with Gasteiger partial charge >= 0.3 is 0 Å². The number of aliphatic hydroxyl groups is 1. The van der Waals surface area contributed by atoms with E-state index < -0.39 is 5.60 Å². The van der Waals surface area contributed by atoms with Gasteiger partial charge < -0.3 is 14.6 Å². The molecule has 0 amide bonds. The predicted octanol–water partition coefficient (Wildman–Crippen LogP) is 2.33. The van der Waals surface area contributed by atoms with Crippen molar-refractivity contribution in [2.45, 2.75) is 32.0 Å². The average molecular weight is 322 g/mol. The summed E-state index contributed by atoms with van der Waals surface area (Å²) >= 11 is 0. The van der Waals surface area contributed by atoms with Crippen molar-refractivity contribution in [3.05, 3.63) is 59.7 Å². The Bertz CT molecular complexity index is 870. The number of aromatic nitrogens is 3. The largest absolute Gasteiger partial charge is 0.384 e. The first-order valence-electron chi connectivity index (χ1n) is 8.32. The molecule has 4 heterocycles. The summed E-state index contributed by atoms with van der Waals surface area (Å²) in [4.78, 5) is 11.1. The van der Waals surface area contributed by atoms with Gasteiger partial charge in [-0.2, -0.15) is 0 Å². The van der Waals surface area contributed by atoms with Crippen molar-refractivity contribution in [3.8, 4) is 0 Å². The number of hydrogen-bond acceptors (Lipinski definition) is 4. The zero-order chi connectivity index (χ0) is 16.7. The van der Waals surface area contributed by atoms with Crippen LogP contribution in [0.4, 0.5) is 0 Å². The van der Waals surface area contributed by atoms with E-state index in [0.29, 0.717) is 6.54 Å². The maximum Gasteiger partial charge on any atom is 0.106 e. The number of pyridine rings is 2. The molecule has 5 nitrogen and oxygen atoms in total. The topological polar surface area (TPSA) is 54.2 Å². The Labute approximate surface area is 141 Å². The summed E-state index contributed by atoms with van der Waals surface area (Å²) < 4.78 is 2.25. The highest BCUT2D eigenvalue weighted by Gasteiger charge is 2.29. The zero-order valence-corrected chi connectivity index (χ0v) is 14.1. The minimum atomic E-state index is -0.979. The van der Waals surface area contributed by atoms with Crippen molar-refractivity contribution >= 4 is 11.0 Å². The standard InChI is InChI=1S/C19H22N4O/c1-19(24,14-5-3-8-20-11-14)13-23-16-7-10-22(2)12-15(16)18-17(23)6-4-9-21-18/h3-6,8-9,11,24H,7,10,12-13H2,1-2H3. The number of nitrogens with zero attached hydrogens (tertiary/aromatic N) is 4. The van der Waals surface area contributed by atoms with E-state index in [4.69, 9.17) is 0 Å². The van der Waals surface area contributed by atoms with Crippen molar-refractivity contribution in [2.75, 3.05) is 13.6 Å². The van der Waals surface area contributed by atoms with Gasteiger partial charge in [-0.15, -0.1) is 0 Å². The van der Waals surface area contributed by atoms with E-state index >= 15 is 0 Å². The molecule has 0 fully saturated rings. The minimum Gasteiger partial charge on any atom is -0.384 e. The van der Waals surface area contributed by atoms with Crippen LogP contribution in [0.1, 0.15) is 23.7 Å². The van der Waals surface area contributed by atoms with E-state index in [1.54, 1.807) is 12.4 Å². The van der Waals surface area contributed by atoms with Gasteiger partial charge in [0, 0.05) is 54.9 Å². The molecule has 124 valence electrons. The number of rotatable bonds is 3. The van der Waals surface area contributed by atoms with Crippen LogP contribution < -0.4 is 0 Å². The molecule has 0 radical (unpaired) electrons. The van der Waals surface area contributed by atoms with Crippen molar-refractivity contribution in [3.63, 3.8) is 0 Å². The lowest BCUT2D eigenvalue weighted by Gasteiger charge is -2.28. The molecule has 3 aromatic rings. The maximum absolute atomic E-state index is 11.1. The normalized spacial score (nSPS) is 17.6. The highest BCUT2D eigenvalue weighted by Crippen LogP contribution is 2.32. The Balaban J connectivity index is 1.83. The third-order valence-corrected chi connectivity index (χ3v) is 4.95. The number of fused-ring (bicyclic) bond motifs is 3. The second-order valence-corrected chi connectivity index (χ2v) is 6.89. The van der Waals surface area contributed by atoms with Crippen LogP contribution in [-0.4, -0.2) is 38.1 Å². The van der Waals surface area contributed by atoms with Crippen LogP contribution in [-0.2, 0) is 25.1 Å². The summed E-state index contributed by atoms with van der Waals surface area (Å²) in [6.07, 6.45) is 6.29. The van der Waals surface area contributed by atoms with E-state index in [0.717, 1.165) is 36.1 Å². The third-order valence-electron chi connectivity index (χ3n) is 4.95. The molecule has 1 aliphatic heterocycles. The lowest BCUT2D eigenvalue weighted by molar-refractivity contribution is 0.0381. The Morgan fingerprint density at radius 3 is 2.88 bits per heavy atom. The van der Waals surface area contributed by atoms with Crippen molar-refractivity contribution < 1.29 is 5.11 Å².